The minimum absolute atomic E-state index is 0.213. The number of pyridine rings is 3. The van der Waals surface area contributed by atoms with Crippen LogP contribution < -0.4 is 0 Å². The molecule has 3 aromatic heterocycles. The fourth-order valence-corrected chi connectivity index (χ4v) is 2.59. The zero-order chi connectivity index (χ0) is 26.0. The van der Waals surface area contributed by atoms with Crippen LogP contribution in [0.25, 0.3) is 11.8 Å². The molecule has 0 radical (unpaired) electrons. The van der Waals surface area contributed by atoms with Gasteiger partial charge in [-0.1, -0.05) is 19.2 Å². The van der Waals surface area contributed by atoms with Crippen LogP contribution in [0.3, 0.4) is 0 Å². The van der Waals surface area contributed by atoms with Gasteiger partial charge in [0, 0.05) is 17.7 Å². The molecular formula is C22H11F8N5. The second kappa shape index (κ2) is 9.91. The number of halogens is 8. The first-order valence-electron chi connectivity index (χ1n) is 9.28. The lowest BCUT2D eigenvalue weighted by atomic mass is 10.1. The highest BCUT2D eigenvalue weighted by Crippen LogP contribution is 2.20. The quantitative estimate of drug-likeness (QED) is 0.201. The minimum atomic E-state index is -1.91. The predicted molar refractivity (Wildman–Crippen MR) is 110 cm³/mol. The van der Waals surface area contributed by atoms with E-state index in [0.717, 1.165) is 12.1 Å². The zero-order valence-electron chi connectivity index (χ0n) is 17.5. The second-order valence-corrected chi connectivity index (χ2v) is 6.67. The average molecular weight is 497 g/mol. The fraction of sp³-hybridized carbons (Fsp3) is 0.0455. The Morgan fingerprint density at radius 3 is 1.74 bits per heavy atom. The van der Waals surface area contributed by atoms with Gasteiger partial charge in [0.25, 0.3) is 11.9 Å². The van der Waals surface area contributed by atoms with E-state index in [0.29, 0.717) is 12.1 Å². The molecule has 35 heavy (non-hydrogen) atoms. The Morgan fingerprint density at radius 1 is 0.714 bits per heavy atom. The summed E-state index contributed by atoms with van der Waals surface area (Å²) in [6.07, 6.45) is 0.989. The maximum Gasteiger partial charge on any atom is 0.252 e. The maximum atomic E-state index is 13.8. The molecule has 0 saturated heterocycles. The molecule has 13 heteroatoms. The van der Waals surface area contributed by atoms with Gasteiger partial charge in [-0.3, -0.25) is 0 Å². The third-order valence-corrected chi connectivity index (χ3v) is 4.32. The Morgan fingerprint density at radius 2 is 1.20 bits per heavy atom. The van der Waals surface area contributed by atoms with E-state index in [-0.39, 0.29) is 17.0 Å². The smallest absolute Gasteiger partial charge is 0.230 e. The first kappa shape index (κ1) is 25.3. The monoisotopic (exact) mass is 497 g/mol. The third-order valence-electron chi connectivity index (χ3n) is 4.32. The van der Waals surface area contributed by atoms with Gasteiger partial charge in [0.1, 0.15) is 5.69 Å². The van der Waals surface area contributed by atoms with Crippen molar-refractivity contribution in [1.82, 2.24) is 15.0 Å². The van der Waals surface area contributed by atoms with Crippen LogP contribution >= 0.6 is 0 Å². The number of hydrogen-bond donors (Lipinski definition) is 0. The summed E-state index contributed by atoms with van der Waals surface area (Å²) in [7, 11) is 0. The summed E-state index contributed by atoms with van der Waals surface area (Å²) in [5, 5.41) is 0. The molecule has 3 rings (SSSR count). The molecule has 3 aromatic rings. The van der Waals surface area contributed by atoms with Crippen molar-refractivity contribution >= 4 is 23.3 Å². The van der Waals surface area contributed by atoms with Crippen LogP contribution in [0.4, 0.5) is 35.1 Å². The highest BCUT2D eigenvalue weighted by atomic mass is 19.2. The van der Waals surface area contributed by atoms with E-state index in [1.54, 1.807) is 0 Å². The third kappa shape index (κ3) is 5.28. The lowest BCUT2D eigenvalue weighted by Gasteiger charge is -2.08. The van der Waals surface area contributed by atoms with E-state index < -0.39 is 69.8 Å². The fourth-order valence-electron chi connectivity index (χ4n) is 2.59. The van der Waals surface area contributed by atoms with Crippen LogP contribution in [0, 0.1) is 46.9 Å². The molecule has 0 unspecified atom stereocenters. The van der Waals surface area contributed by atoms with Crippen LogP contribution in [0.2, 0.25) is 0 Å². The highest BCUT2D eigenvalue weighted by molar-refractivity contribution is 6.11. The molecule has 0 saturated carbocycles. The molecule has 180 valence electrons. The second-order valence-electron chi connectivity index (χ2n) is 6.67. The topological polar surface area (TPSA) is 63.4 Å². The van der Waals surface area contributed by atoms with Crippen molar-refractivity contribution in [3.8, 4) is 0 Å². The molecule has 0 aromatic carbocycles. The van der Waals surface area contributed by atoms with E-state index in [9.17, 15) is 35.1 Å². The Hall–Kier alpha value is -4.29. The van der Waals surface area contributed by atoms with Crippen LogP contribution in [0.1, 0.15) is 29.6 Å². The van der Waals surface area contributed by atoms with Crippen molar-refractivity contribution in [1.29, 1.82) is 0 Å². The molecule has 0 spiro atoms. The summed E-state index contributed by atoms with van der Waals surface area (Å²) in [5.74, 6) is -14.3. The lowest BCUT2D eigenvalue weighted by molar-refractivity contribution is 0.425. The predicted octanol–water partition coefficient (Wildman–Crippen LogP) is 5.55. The van der Waals surface area contributed by atoms with Crippen LogP contribution in [-0.2, 0) is 0 Å². The van der Waals surface area contributed by atoms with E-state index in [2.05, 4.69) is 38.1 Å². The number of hydrogen-bond acceptors (Lipinski definition) is 4. The van der Waals surface area contributed by atoms with Gasteiger partial charge in [-0.15, -0.1) is 0 Å². The molecule has 3 heterocycles. The largest absolute Gasteiger partial charge is 0.252 e. The summed E-state index contributed by atoms with van der Waals surface area (Å²) in [4.78, 5) is 17.4. The number of nitrogens with zero attached hydrogens (tertiary/aromatic N) is 5. The van der Waals surface area contributed by atoms with E-state index in [1.165, 1.54) is 6.92 Å². The summed E-state index contributed by atoms with van der Waals surface area (Å²) in [6, 6.07) is 1.88. The summed E-state index contributed by atoms with van der Waals surface area (Å²) < 4.78 is 109. The standard InChI is InChI=1S/C22H11F8N5/c1-4-10-5-13(33-19(28)16(10)25)8(2)31-22(15-7-12(24)18(27)21(30)35-15)32-9(3)14-6-11(23)17(26)20(29)34-14/h4-7H,1,3H2,2H3. The SMILES string of the molecule is C=Cc1cc(C(C)=NC(=NC(=C)c2cc(F)c(F)c(F)n2)c2cc(F)c(F)c(F)n2)nc(F)c1F. The number of rotatable bonds is 5. The number of amidine groups is 1. The molecule has 0 amide bonds. The van der Waals surface area contributed by atoms with Crippen molar-refractivity contribution in [2.75, 3.05) is 0 Å². The van der Waals surface area contributed by atoms with E-state index >= 15 is 0 Å². The van der Waals surface area contributed by atoms with Crippen molar-refractivity contribution in [3.63, 3.8) is 0 Å². The summed E-state index contributed by atoms with van der Waals surface area (Å²) >= 11 is 0. The molecule has 0 aliphatic heterocycles. The maximum absolute atomic E-state index is 13.8. The molecule has 0 atom stereocenters. The van der Waals surface area contributed by atoms with Gasteiger partial charge in [-0.2, -0.15) is 22.0 Å². The average Bonchev–Trinajstić information content (AvgIpc) is 2.81. The molecule has 0 N–H and O–H groups in total. The van der Waals surface area contributed by atoms with Crippen LogP contribution in [-0.4, -0.2) is 26.5 Å². The molecule has 0 aliphatic rings. The summed E-state index contributed by atoms with van der Waals surface area (Å²) in [5.41, 5.74) is -2.70. The molecule has 5 nitrogen and oxygen atoms in total. The van der Waals surface area contributed by atoms with E-state index in [1.807, 2.05) is 0 Å². The summed E-state index contributed by atoms with van der Waals surface area (Å²) in [6.45, 7) is 7.94. The molecule has 0 bridgehead atoms. The van der Waals surface area contributed by atoms with Gasteiger partial charge in [0.05, 0.1) is 22.8 Å². The highest BCUT2D eigenvalue weighted by Gasteiger charge is 2.19. The Kier molecular flexibility index (Phi) is 7.17. The van der Waals surface area contributed by atoms with Gasteiger partial charge in [0.2, 0.25) is 17.6 Å². The van der Waals surface area contributed by atoms with Crippen molar-refractivity contribution < 1.29 is 35.1 Å². The van der Waals surface area contributed by atoms with Crippen molar-refractivity contribution in [3.05, 3.63) is 101 Å². The van der Waals surface area contributed by atoms with Gasteiger partial charge in [-0.25, -0.2) is 38.1 Å². The van der Waals surface area contributed by atoms with Gasteiger partial charge >= 0.3 is 0 Å². The first-order valence-corrected chi connectivity index (χ1v) is 9.28. The van der Waals surface area contributed by atoms with Gasteiger partial charge in [-0.05, 0) is 13.0 Å². The Balaban J connectivity index is 2.20. The van der Waals surface area contributed by atoms with Gasteiger partial charge < -0.3 is 0 Å². The first-order chi connectivity index (χ1) is 16.4. The lowest BCUT2D eigenvalue weighted by Crippen LogP contribution is -2.11. The molecule has 0 aliphatic carbocycles. The number of aliphatic imine (C=N–C) groups is 2. The Labute approximate surface area is 191 Å². The normalized spacial score (nSPS) is 12.1. The van der Waals surface area contributed by atoms with Crippen molar-refractivity contribution in [2.24, 2.45) is 9.98 Å². The minimum Gasteiger partial charge on any atom is -0.230 e. The van der Waals surface area contributed by atoms with Crippen LogP contribution in [0.5, 0.6) is 0 Å². The van der Waals surface area contributed by atoms with Gasteiger partial charge in [0.15, 0.2) is 23.3 Å². The van der Waals surface area contributed by atoms with Crippen LogP contribution in [0.15, 0.2) is 41.3 Å². The zero-order valence-corrected chi connectivity index (χ0v) is 17.5. The number of aromatic nitrogens is 3. The molecular weight excluding hydrogens is 486 g/mol. The Bertz CT molecular complexity index is 1390. The van der Waals surface area contributed by atoms with Crippen molar-refractivity contribution in [2.45, 2.75) is 6.92 Å². The molecule has 0 fully saturated rings. The van der Waals surface area contributed by atoms with E-state index in [4.69, 9.17) is 0 Å².